The van der Waals surface area contributed by atoms with E-state index in [1.165, 1.54) is 13.0 Å². The lowest BCUT2D eigenvalue weighted by Crippen LogP contribution is -2.47. The third-order valence-corrected chi connectivity index (χ3v) is 6.50. The molecule has 2 N–H and O–H groups in total. The van der Waals surface area contributed by atoms with Gasteiger partial charge in [0.1, 0.15) is 11.9 Å². The molecule has 0 saturated carbocycles. The second kappa shape index (κ2) is 8.53. The van der Waals surface area contributed by atoms with Crippen LogP contribution < -0.4 is 14.9 Å². The molecule has 0 aliphatic carbocycles. The van der Waals surface area contributed by atoms with Crippen molar-refractivity contribution in [1.29, 1.82) is 0 Å². The van der Waals surface area contributed by atoms with E-state index < -0.39 is 22.0 Å². The van der Waals surface area contributed by atoms with E-state index in [0.717, 1.165) is 11.3 Å². The summed E-state index contributed by atoms with van der Waals surface area (Å²) in [6.45, 7) is 6.94. The summed E-state index contributed by atoms with van der Waals surface area (Å²) < 4.78 is 28.5. The summed E-state index contributed by atoms with van der Waals surface area (Å²) in [5.74, 6) is -0.500. The molecule has 0 saturated heterocycles. The number of aromatic nitrogens is 1. The molecule has 1 aromatic carbocycles. The normalized spacial score (nSPS) is 17.0. The second-order valence-corrected chi connectivity index (χ2v) is 9.49. The van der Waals surface area contributed by atoms with Crippen LogP contribution in [0.25, 0.3) is 0 Å². The van der Waals surface area contributed by atoms with Crippen molar-refractivity contribution in [2.24, 2.45) is 5.92 Å². The van der Waals surface area contributed by atoms with Crippen molar-refractivity contribution in [3.05, 3.63) is 48.2 Å². The number of rotatable bonds is 6. The summed E-state index contributed by atoms with van der Waals surface area (Å²) in [6, 6.07) is 8.76. The lowest BCUT2D eigenvalue weighted by molar-refractivity contribution is -0.119. The number of hydrogen-bond acceptors (Lipinski definition) is 5. The first-order valence-corrected chi connectivity index (χ1v) is 11.3. The number of benzene rings is 1. The van der Waals surface area contributed by atoms with E-state index in [4.69, 9.17) is 0 Å². The van der Waals surface area contributed by atoms with Crippen LogP contribution in [0.3, 0.4) is 0 Å². The fourth-order valence-electron chi connectivity index (χ4n) is 3.62. The molecule has 3 rings (SSSR count). The van der Waals surface area contributed by atoms with Gasteiger partial charge in [0.2, 0.25) is 21.8 Å². The number of amides is 2. The van der Waals surface area contributed by atoms with Gasteiger partial charge in [0.15, 0.2) is 0 Å². The molecule has 1 aliphatic rings. The van der Waals surface area contributed by atoms with Gasteiger partial charge in [-0.1, -0.05) is 19.9 Å². The number of nitrogens with one attached hydrogen (secondary N) is 2. The number of carbonyl (C=O) groups is 2. The van der Waals surface area contributed by atoms with Crippen LogP contribution in [-0.4, -0.2) is 37.3 Å². The van der Waals surface area contributed by atoms with Crippen LogP contribution in [-0.2, 0) is 26.0 Å². The van der Waals surface area contributed by atoms with Gasteiger partial charge in [-0.15, -0.1) is 0 Å². The van der Waals surface area contributed by atoms with Gasteiger partial charge < -0.3 is 10.2 Å². The highest BCUT2D eigenvalue weighted by molar-refractivity contribution is 7.89. The van der Waals surface area contributed by atoms with E-state index in [9.17, 15) is 18.0 Å². The van der Waals surface area contributed by atoms with Gasteiger partial charge in [-0.25, -0.2) is 13.4 Å². The van der Waals surface area contributed by atoms with Crippen molar-refractivity contribution >= 4 is 33.3 Å². The zero-order valence-corrected chi connectivity index (χ0v) is 18.2. The van der Waals surface area contributed by atoms with Gasteiger partial charge in [-0.3, -0.25) is 9.59 Å². The molecular weight excluding hydrogens is 404 g/mol. The van der Waals surface area contributed by atoms with Crippen molar-refractivity contribution in [3.8, 4) is 0 Å². The minimum absolute atomic E-state index is 0.0315. The van der Waals surface area contributed by atoms with Crippen molar-refractivity contribution in [1.82, 2.24) is 9.71 Å². The SMILES string of the molecule is CC(=O)N1c2ccc(S(=O)(=O)N[C@H](C(=O)Nc3ccccn3)C(C)C)cc2C[C@@H]1C. The van der Waals surface area contributed by atoms with Gasteiger partial charge in [-0.2, -0.15) is 4.72 Å². The number of sulfonamides is 1. The zero-order valence-electron chi connectivity index (χ0n) is 17.4. The van der Waals surface area contributed by atoms with Crippen molar-refractivity contribution < 1.29 is 18.0 Å². The zero-order chi connectivity index (χ0) is 22.1. The van der Waals surface area contributed by atoms with Gasteiger partial charge in [-0.05, 0) is 55.2 Å². The van der Waals surface area contributed by atoms with Gasteiger partial charge in [0.05, 0.1) is 4.90 Å². The van der Waals surface area contributed by atoms with Gasteiger partial charge in [0, 0.05) is 24.8 Å². The highest BCUT2D eigenvalue weighted by Crippen LogP contribution is 2.34. The maximum atomic E-state index is 13.0. The molecule has 2 amide bonds. The fourth-order valence-corrected chi connectivity index (χ4v) is 5.02. The lowest BCUT2D eigenvalue weighted by Gasteiger charge is -2.22. The van der Waals surface area contributed by atoms with Crippen LogP contribution in [0.15, 0.2) is 47.5 Å². The van der Waals surface area contributed by atoms with Crippen LogP contribution >= 0.6 is 0 Å². The summed E-state index contributed by atoms with van der Waals surface area (Å²) in [4.78, 5) is 30.4. The maximum absolute atomic E-state index is 13.0. The predicted octanol–water partition coefficient (Wildman–Crippen LogP) is 2.32. The Kier molecular flexibility index (Phi) is 6.23. The van der Waals surface area contributed by atoms with Crippen molar-refractivity contribution in [2.75, 3.05) is 10.2 Å². The molecule has 160 valence electrons. The average Bonchev–Trinajstić information content (AvgIpc) is 3.01. The lowest BCUT2D eigenvalue weighted by atomic mass is 10.1. The number of fused-ring (bicyclic) bond motifs is 1. The first-order valence-electron chi connectivity index (χ1n) is 9.77. The first-order chi connectivity index (χ1) is 14.1. The van der Waals surface area contributed by atoms with E-state index >= 15 is 0 Å². The van der Waals surface area contributed by atoms with E-state index in [-0.39, 0.29) is 22.8 Å². The van der Waals surface area contributed by atoms with Gasteiger partial charge in [0.25, 0.3) is 0 Å². The van der Waals surface area contributed by atoms with Crippen LogP contribution in [0.2, 0.25) is 0 Å². The van der Waals surface area contributed by atoms with Gasteiger partial charge >= 0.3 is 0 Å². The predicted molar refractivity (Wildman–Crippen MR) is 115 cm³/mol. The smallest absolute Gasteiger partial charge is 0.243 e. The molecule has 0 spiro atoms. The second-order valence-electron chi connectivity index (χ2n) is 7.78. The minimum atomic E-state index is -3.95. The number of carbonyl (C=O) groups excluding carboxylic acids is 2. The van der Waals surface area contributed by atoms with E-state index in [0.29, 0.717) is 12.2 Å². The summed E-state index contributed by atoms with van der Waals surface area (Å²) in [5, 5.41) is 2.64. The molecule has 1 aliphatic heterocycles. The average molecular weight is 431 g/mol. The largest absolute Gasteiger partial charge is 0.309 e. The summed E-state index contributed by atoms with van der Waals surface area (Å²) >= 11 is 0. The van der Waals surface area contributed by atoms with E-state index in [1.807, 2.05) is 6.92 Å². The first kappa shape index (κ1) is 21.9. The van der Waals surface area contributed by atoms with Crippen LogP contribution in [0.4, 0.5) is 11.5 Å². The quantitative estimate of drug-likeness (QED) is 0.731. The molecule has 0 fully saturated rings. The summed E-state index contributed by atoms with van der Waals surface area (Å²) in [5.41, 5.74) is 1.52. The molecule has 2 aromatic rings. The topological polar surface area (TPSA) is 108 Å². The summed E-state index contributed by atoms with van der Waals surface area (Å²) in [7, 11) is -3.95. The molecule has 30 heavy (non-hydrogen) atoms. The highest BCUT2D eigenvalue weighted by Gasteiger charge is 2.32. The molecule has 1 aromatic heterocycles. The Morgan fingerprint density at radius 3 is 2.53 bits per heavy atom. The molecule has 2 heterocycles. The minimum Gasteiger partial charge on any atom is -0.309 e. The fraction of sp³-hybridized carbons (Fsp3) is 0.381. The molecule has 0 bridgehead atoms. The Balaban J connectivity index is 1.83. The van der Waals surface area contributed by atoms with Crippen LogP contribution in [0.5, 0.6) is 0 Å². The van der Waals surface area contributed by atoms with Crippen LogP contribution in [0.1, 0.15) is 33.3 Å². The van der Waals surface area contributed by atoms with Crippen molar-refractivity contribution in [2.45, 2.75) is 51.1 Å². The molecule has 0 unspecified atom stereocenters. The Morgan fingerprint density at radius 2 is 1.93 bits per heavy atom. The molecule has 0 radical (unpaired) electrons. The summed E-state index contributed by atoms with van der Waals surface area (Å²) in [6.07, 6.45) is 2.12. The Labute approximate surface area is 176 Å². The Morgan fingerprint density at radius 1 is 1.20 bits per heavy atom. The Bertz CT molecular complexity index is 1050. The van der Waals surface area contributed by atoms with Crippen molar-refractivity contribution in [3.63, 3.8) is 0 Å². The number of pyridine rings is 1. The number of anilines is 2. The van der Waals surface area contributed by atoms with E-state index in [2.05, 4.69) is 15.0 Å². The van der Waals surface area contributed by atoms with E-state index in [1.54, 1.807) is 55.3 Å². The standard InChI is InChI=1S/C21H26N4O4S/c1-13(2)20(21(27)23-19-7-5-6-10-22-19)24-30(28,29)17-8-9-18-16(12-17)11-14(3)25(18)15(4)26/h5-10,12-14,20,24H,11H2,1-4H3,(H,22,23,27)/t14-,20-/m0/s1. The maximum Gasteiger partial charge on any atom is 0.243 e. The Hall–Kier alpha value is -2.78. The molecule has 8 nitrogen and oxygen atoms in total. The monoisotopic (exact) mass is 430 g/mol. The highest BCUT2D eigenvalue weighted by atomic mass is 32.2. The number of hydrogen-bond donors (Lipinski definition) is 2. The molecule has 9 heteroatoms. The van der Waals surface area contributed by atoms with Crippen LogP contribution in [0, 0.1) is 5.92 Å². The third kappa shape index (κ3) is 4.52. The molecular formula is C21H26N4O4S. The molecule has 2 atom stereocenters. The number of nitrogens with zero attached hydrogens (tertiary/aromatic N) is 2. The third-order valence-electron chi connectivity index (χ3n) is 5.06.